The average Bonchev–Trinajstić information content (AvgIpc) is 3.18. The highest BCUT2D eigenvalue weighted by molar-refractivity contribution is 6.10. The first-order valence-corrected chi connectivity index (χ1v) is 12.4. The van der Waals surface area contributed by atoms with E-state index in [0.717, 1.165) is 12.8 Å². The number of nitrogens with zero attached hydrogens (tertiary/aromatic N) is 1. The van der Waals surface area contributed by atoms with E-state index in [2.05, 4.69) is 10.6 Å². The van der Waals surface area contributed by atoms with Crippen LogP contribution in [0.2, 0.25) is 0 Å². The van der Waals surface area contributed by atoms with Crippen LogP contribution in [0.15, 0.2) is 28.7 Å². The lowest BCUT2D eigenvalue weighted by atomic mass is 9.82. The first-order chi connectivity index (χ1) is 18.2. The smallest absolute Gasteiger partial charge is 0.257 e. The molecule has 1 aliphatic carbocycles. The first kappa shape index (κ1) is 22.9. The Morgan fingerprint density at radius 1 is 1.05 bits per heavy atom. The number of imide groups is 1. The molecule has 4 aliphatic rings. The van der Waals surface area contributed by atoms with Gasteiger partial charge in [0.15, 0.2) is 23.0 Å². The summed E-state index contributed by atoms with van der Waals surface area (Å²) in [4.78, 5) is 52.2. The van der Waals surface area contributed by atoms with Gasteiger partial charge in [0.05, 0.1) is 24.2 Å². The van der Waals surface area contributed by atoms with Crippen LogP contribution in [0.5, 0.6) is 5.75 Å². The Kier molecular flexibility index (Phi) is 4.73. The summed E-state index contributed by atoms with van der Waals surface area (Å²) in [6.07, 6.45) is 1.72. The number of rotatable bonds is 6. The minimum absolute atomic E-state index is 0.000745. The molecular formula is C27H21F2N3O6. The lowest BCUT2D eigenvalue weighted by Gasteiger charge is -2.28. The number of fused-ring (bicyclic) bond motifs is 3. The molecule has 2 aromatic carbocycles. The van der Waals surface area contributed by atoms with Crippen molar-refractivity contribution in [2.45, 2.75) is 37.8 Å². The fraction of sp³-hybridized carbons (Fsp3) is 0.333. The Morgan fingerprint density at radius 3 is 2.61 bits per heavy atom. The minimum atomic E-state index is -1.66. The van der Waals surface area contributed by atoms with Crippen LogP contribution in [-0.2, 0) is 28.1 Å². The van der Waals surface area contributed by atoms with E-state index < -0.39 is 40.7 Å². The molecule has 11 heteroatoms. The van der Waals surface area contributed by atoms with E-state index in [-0.39, 0.29) is 54.3 Å². The lowest BCUT2D eigenvalue weighted by Crippen LogP contribution is -2.46. The van der Waals surface area contributed by atoms with Crippen molar-refractivity contribution in [3.05, 3.63) is 63.9 Å². The van der Waals surface area contributed by atoms with Crippen molar-refractivity contribution in [2.24, 2.45) is 5.92 Å². The maximum absolute atomic E-state index is 15.3. The van der Waals surface area contributed by atoms with Gasteiger partial charge in [-0.3, -0.25) is 24.5 Å². The van der Waals surface area contributed by atoms with Gasteiger partial charge in [-0.1, -0.05) is 6.07 Å². The van der Waals surface area contributed by atoms with Gasteiger partial charge in [-0.2, -0.15) is 0 Å². The molecule has 0 bridgehead atoms. The number of hydrogen-bond donors (Lipinski definition) is 2. The van der Waals surface area contributed by atoms with Crippen LogP contribution in [0.1, 0.15) is 56.9 Å². The summed E-state index contributed by atoms with van der Waals surface area (Å²) in [6.45, 7) is 0.258. The number of hydrogen-bond acceptors (Lipinski definition) is 6. The van der Waals surface area contributed by atoms with Crippen molar-refractivity contribution < 1.29 is 37.1 Å². The second kappa shape index (κ2) is 7.86. The molecule has 2 N–H and O–H groups in total. The zero-order valence-electron chi connectivity index (χ0n) is 20.0. The van der Waals surface area contributed by atoms with E-state index in [1.807, 2.05) is 0 Å². The molecule has 38 heavy (non-hydrogen) atoms. The van der Waals surface area contributed by atoms with Crippen molar-refractivity contribution in [1.29, 1.82) is 0 Å². The summed E-state index contributed by atoms with van der Waals surface area (Å²) in [5, 5.41) is 5.13. The van der Waals surface area contributed by atoms with Crippen molar-refractivity contribution in [3.8, 4) is 5.75 Å². The molecule has 194 valence electrons. The molecule has 2 fully saturated rings. The predicted octanol–water partition coefficient (Wildman–Crippen LogP) is 2.68. The van der Waals surface area contributed by atoms with Crippen molar-refractivity contribution in [2.75, 3.05) is 13.2 Å². The highest BCUT2D eigenvalue weighted by Gasteiger charge is 2.53. The summed E-state index contributed by atoms with van der Waals surface area (Å²) in [6, 6.07) is 6.16. The third-order valence-electron chi connectivity index (χ3n) is 7.81. The van der Waals surface area contributed by atoms with Gasteiger partial charge in [0.1, 0.15) is 11.2 Å². The summed E-state index contributed by atoms with van der Waals surface area (Å²) in [5.74, 6) is -3.72. The molecule has 3 aromatic rings. The zero-order valence-corrected chi connectivity index (χ0v) is 20.0. The summed E-state index contributed by atoms with van der Waals surface area (Å²) in [7, 11) is 0. The number of nitrogens with one attached hydrogen (secondary N) is 2. The average molecular weight is 521 g/mol. The number of benzene rings is 2. The predicted molar refractivity (Wildman–Crippen MR) is 126 cm³/mol. The summed E-state index contributed by atoms with van der Waals surface area (Å²) in [5.41, 5.74) is -1.25. The largest absolute Gasteiger partial charge is 0.490 e. The Balaban J connectivity index is 1.25. The SMILES string of the molecule is O=C1C[C@@](CN2Cc3ccc(OCC4CC4)c(F)c3C2=O)(c2cc3cc4c(c(F)c3o2)C(=O)NC4)C(=O)N1. The number of halogens is 2. The molecule has 1 saturated heterocycles. The van der Waals surface area contributed by atoms with E-state index in [1.165, 1.54) is 17.0 Å². The van der Waals surface area contributed by atoms with Crippen LogP contribution >= 0.6 is 0 Å². The fourth-order valence-electron chi connectivity index (χ4n) is 5.58. The summed E-state index contributed by atoms with van der Waals surface area (Å²) < 4.78 is 41.9. The third kappa shape index (κ3) is 3.27. The van der Waals surface area contributed by atoms with Gasteiger partial charge in [-0.25, -0.2) is 8.78 Å². The highest BCUT2D eigenvalue weighted by atomic mass is 19.1. The van der Waals surface area contributed by atoms with Crippen LogP contribution in [-0.4, -0.2) is 41.7 Å². The van der Waals surface area contributed by atoms with Gasteiger partial charge in [0.25, 0.3) is 11.8 Å². The molecule has 0 spiro atoms. The van der Waals surface area contributed by atoms with Crippen LogP contribution < -0.4 is 15.4 Å². The number of amides is 4. The van der Waals surface area contributed by atoms with Crippen molar-refractivity contribution in [3.63, 3.8) is 0 Å². The van der Waals surface area contributed by atoms with E-state index in [1.54, 1.807) is 12.1 Å². The Hall–Kier alpha value is -4.28. The molecule has 1 aromatic heterocycles. The van der Waals surface area contributed by atoms with E-state index in [0.29, 0.717) is 29.0 Å². The van der Waals surface area contributed by atoms with E-state index in [4.69, 9.17) is 9.15 Å². The quantitative estimate of drug-likeness (QED) is 0.482. The van der Waals surface area contributed by atoms with Gasteiger partial charge in [0.2, 0.25) is 11.8 Å². The van der Waals surface area contributed by atoms with Crippen molar-refractivity contribution in [1.82, 2.24) is 15.5 Å². The highest BCUT2D eigenvalue weighted by Crippen LogP contribution is 2.41. The molecule has 0 unspecified atom stereocenters. The van der Waals surface area contributed by atoms with Gasteiger partial charge >= 0.3 is 0 Å². The van der Waals surface area contributed by atoms with Gasteiger partial charge in [0, 0.05) is 25.0 Å². The molecule has 3 aliphatic heterocycles. The monoisotopic (exact) mass is 521 g/mol. The Bertz CT molecular complexity index is 1610. The topological polar surface area (TPSA) is 118 Å². The molecule has 4 amide bonds. The number of furan rings is 1. The van der Waals surface area contributed by atoms with Crippen LogP contribution in [0.4, 0.5) is 8.78 Å². The number of ether oxygens (including phenoxy) is 1. The molecular weight excluding hydrogens is 500 g/mol. The maximum atomic E-state index is 15.3. The fourth-order valence-corrected chi connectivity index (χ4v) is 5.58. The molecule has 1 saturated carbocycles. The molecule has 9 nitrogen and oxygen atoms in total. The number of carbonyl (C=O) groups excluding carboxylic acids is 4. The van der Waals surface area contributed by atoms with E-state index in [9.17, 15) is 19.2 Å². The second-order valence-electron chi connectivity index (χ2n) is 10.4. The molecule has 0 radical (unpaired) electrons. The first-order valence-electron chi connectivity index (χ1n) is 12.4. The molecule has 7 rings (SSSR count). The lowest BCUT2D eigenvalue weighted by molar-refractivity contribution is -0.127. The minimum Gasteiger partial charge on any atom is -0.490 e. The van der Waals surface area contributed by atoms with Crippen molar-refractivity contribution >= 4 is 34.6 Å². The zero-order chi connectivity index (χ0) is 26.3. The Labute approximate surface area is 214 Å². The number of carbonyl (C=O) groups is 4. The second-order valence-corrected chi connectivity index (χ2v) is 10.4. The Morgan fingerprint density at radius 2 is 1.87 bits per heavy atom. The normalized spacial score (nSPS) is 22.2. The summed E-state index contributed by atoms with van der Waals surface area (Å²) >= 11 is 0. The van der Waals surface area contributed by atoms with Crippen LogP contribution in [0.25, 0.3) is 11.0 Å². The maximum Gasteiger partial charge on any atom is 0.257 e. The molecule has 4 heterocycles. The standard InChI is InChI=1S/C27H21F2N3O6/c28-21-16(37-10-12-1-2-12)4-3-13-9-32(25(35)20(13)21)11-27(7-18(33)31-26(27)36)17-6-14-5-15-8-30-24(34)19(15)22(29)23(14)38-17/h3-6,12H,1-2,7-11H2,(H,30,34)(H,31,33,36)/t27-/m1/s1. The van der Waals surface area contributed by atoms with Crippen LogP contribution in [0, 0.1) is 17.6 Å². The molecule has 1 atom stereocenters. The van der Waals surface area contributed by atoms with Gasteiger partial charge < -0.3 is 19.4 Å². The van der Waals surface area contributed by atoms with Gasteiger partial charge in [-0.05, 0) is 48.1 Å². The van der Waals surface area contributed by atoms with Crippen LogP contribution in [0.3, 0.4) is 0 Å². The third-order valence-corrected chi connectivity index (χ3v) is 7.81. The van der Waals surface area contributed by atoms with E-state index >= 15 is 8.78 Å². The van der Waals surface area contributed by atoms with Gasteiger partial charge in [-0.15, -0.1) is 0 Å².